The Kier molecular flexibility index (Phi) is 3.18. The molecule has 0 unspecified atom stereocenters. The van der Waals surface area contributed by atoms with Crippen molar-refractivity contribution in [2.45, 2.75) is 57.2 Å². The predicted octanol–water partition coefficient (Wildman–Crippen LogP) is 1.92. The quantitative estimate of drug-likeness (QED) is 0.884. The van der Waals surface area contributed by atoms with Gasteiger partial charge in [0.25, 0.3) is 0 Å². The molecular formula is C15H26N4. The van der Waals surface area contributed by atoms with Crippen LogP contribution < -0.4 is 5.32 Å². The highest BCUT2D eigenvalue weighted by molar-refractivity contribution is 5.10. The van der Waals surface area contributed by atoms with E-state index in [0.717, 1.165) is 19.6 Å². The van der Waals surface area contributed by atoms with Crippen LogP contribution in [0.2, 0.25) is 0 Å². The Morgan fingerprint density at radius 2 is 2.05 bits per heavy atom. The maximum Gasteiger partial charge on any atom is 0.0534 e. The van der Waals surface area contributed by atoms with Crippen LogP contribution >= 0.6 is 0 Å². The number of nitrogens with zero attached hydrogens (tertiary/aromatic N) is 3. The average Bonchev–Trinajstić information content (AvgIpc) is 2.95. The lowest BCUT2D eigenvalue weighted by molar-refractivity contribution is 0.0122. The third kappa shape index (κ3) is 2.56. The standard InChI is InChI=1S/C15H26N4/c1-14(2)12-19(10-13-8-17-18(3)9-13)15(11-16-14)6-4-5-7-15/h8-9,16H,4-7,10-12H2,1-3H3. The molecule has 2 heterocycles. The molecule has 1 saturated carbocycles. The SMILES string of the molecule is Cn1cc(CN2CC(C)(C)NCC23CCCC3)cn1. The number of hydrogen-bond acceptors (Lipinski definition) is 3. The van der Waals surface area contributed by atoms with Crippen molar-refractivity contribution in [3.8, 4) is 0 Å². The smallest absolute Gasteiger partial charge is 0.0534 e. The zero-order valence-corrected chi connectivity index (χ0v) is 12.4. The molecule has 1 N–H and O–H groups in total. The van der Waals surface area contributed by atoms with Crippen molar-refractivity contribution in [3.63, 3.8) is 0 Å². The first-order valence-corrected chi connectivity index (χ1v) is 7.47. The van der Waals surface area contributed by atoms with Crippen molar-refractivity contribution in [1.29, 1.82) is 0 Å². The fourth-order valence-corrected chi connectivity index (χ4v) is 3.74. The Morgan fingerprint density at radius 1 is 1.32 bits per heavy atom. The lowest BCUT2D eigenvalue weighted by Crippen LogP contribution is -2.66. The molecule has 0 amide bonds. The predicted molar refractivity (Wildman–Crippen MR) is 76.9 cm³/mol. The van der Waals surface area contributed by atoms with Gasteiger partial charge in [0.15, 0.2) is 0 Å². The maximum atomic E-state index is 4.31. The Bertz CT molecular complexity index is 443. The van der Waals surface area contributed by atoms with Gasteiger partial charge in [-0.15, -0.1) is 0 Å². The molecule has 1 aromatic heterocycles. The summed E-state index contributed by atoms with van der Waals surface area (Å²) in [6.45, 7) is 7.93. The molecule has 1 aliphatic heterocycles. The van der Waals surface area contributed by atoms with Crippen molar-refractivity contribution >= 4 is 0 Å². The van der Waals surface area contributed by atoms with Crippen LogP contribution in [-0.2, 0) is 13.6 Å². The highest BCUT2D eigenvalue weighted by Gasteiger charge is 2.45. The van der Waals surface area contributed by atoms with Crippen molar-refractivity contribution in [2.75, 3.05) is 13.1 Å². The van der Waals surface area contributed by atoms with Gasteiger partial charge in [0, 0.05) is 49.5 Å². The second-order valence-corrected chi connectivity index (χ2v) is 7.05. The summed E-state index contributed by atoms with van der Waals surface area (Å²) >= 11 is 0. The summed E-state index contributed by atoms with van der Waals surface area (Å²) in [6.07, 6.45) is 9.61. The van der Waals surface area contributed by atoms with E-state index in [9.17, 15) is 0 Å². The summed E-state index contributed by atoms with van der Waals surface area (Å²) in [5.74, 6) is 0. The molecule has 2 fully saturated rings. The number of aromatic nitrogens is 2. The van der Waals surface area contributed by atoms with Crippen LogP contribution in [0.5, 0.6) is 0 Å². The normalized spacial score (nSPS) is 26.1. The summed E-state index contributed by atoms with van der Waals surface area (Å²) in [6, 6.07) is 0. The molecule has 0 atom stereocenters. The number of piperazine rings is 1. The molecule has 1 saturated heterocycles. The molecule has 4 heteroatoms. The van der Waals surface area contributed by atoms with Crippen LogP contribution in [0.15, 0.2) is 12.4 Å². The Balaban J connectivity index is 1.81. The van der Waals surface area contributed by atoms with E-state index in [1.807, 2.05) is 17.9 Å². The first-order chi connectivity index (χ1) is 8.99. The van der Waals surface area contributed by atoms with Crippen LogP contribution in [0.4, 0.5) is 0 Å². The Morgan fingerprint density at radius 3 is 2.68 bits per heavy atom. The largest absolute Gasteiger partial charge is 0.309 e. The van der Waals surface area contributed by atoms with Gasteiger partial charge in [-0.2, -0.15) is 5.10 Å². The monoisotopic (exact) mass is 262 g/mol. The second kappa shape index (κ2) is 4.60. The molecule has 19 heavy (non-hydrogen) atoms. The minimum atomic E-state index is 0.218. The number of hydrogen-bond donors (Lipinski definition) is 1. The minimum absolute atomic E-state index is 0.218. The summed E-state index contributed by atoms with van der Waals surface area (Å²) in [5, 5.41) is 8.06. The Hall–Kier alpha value is -0.870. The van der Waals surface area contributed by atoms with E-state index in [4.69, 9.17) is 0 Å². The summed E-state index contributed by atoms with van der Waals surface area (Å²) in [4.78, 5) is 2.72. The lowest BCUT2D eigenvalue weighted by Gasteiger charge is -2.51. The molecule has 1 aliphatic carbocycles. The summed E-state index contributed by atoms with van der Waals surface area (Å²) in [7, 11) is 2.00. The highest BCUT2D eigenvalue weighted by atomic mass is 15.3. The molecule has 1 aromatic rings. The van der Waals surface area contributed by atoms with Gasteiger partial charge >= 0.3 is 0 Å². The van der Waals surface area contributed by atoms with Gasteiger partial charge in [0.2, 0.25) is 0 Å². The van der Waals surface area contributed by atoms with Crippen molar-refractivity contribution in [3.05, 3.63) is 18.0 Å². The average molecular weight is 262 g/mol. The van der Waals surface area contributed by atoms with Gasteiger partial charge in [-0.05, 0) is 26.7 Å². The van der Waals surface area contributed by atoms with Crippen LogP contribution in [0.3, 0.4) is 0 Å². The lowest BCUT2D eigenvalue weighted by atomic mass is 9.87. The Labute approximate surface area is 116 Å². The van der Waals surface area contributed by atoms with E-state index < -0.39 is 0 Å². The molecular weight excluding hydrogens is 236 g/mol. The first kappa shape index (κ1) is 13.1. The molecule has 0 aromatic carbocycles. The van der Waals surface area contributed by atoms with E-state index in [2.05, 4.69) is 35.4 Å². The second-order valence-electron chi connectivity index (χ2n) is 7.05. The van der Waals surface area contributed by atoms with Gasteiger partial charge in [0.05, 0.1) is 6.20 Å². The third-order valence-corrected chi connectivity index (χ3v) is 4.82. The number of nitrogens with one attached hydrogen (secondary N) is 1. The molecule has 4 nitrogen and oxygen atoms in total. The zero-order valence-electron chi connectivity index (χ0n) is 12.4. The van der Waals surface area contributed by atoms with Crippen molar-refractivity contribution in [2.24, 2.45) is 7.05 Å². The fraction of sp³-hybridized carbons (Fsp3) is 0.800. The summed E-state index contributed by atoms with van der Waals surface area (Å²) < 4.78 is 1.91. The number of aryl methyl sites for hydroxylation is 1. The van der Waals surface area contributed by atoms with Crippen LogP contribution in [0.1, 0.15) is 45.1 Å². The molecule has 106 valence electrons. The molecule has 1 spiro atoms. The van der Waals surface area contributed by atoms with Gasteiger partial charge < -0.3 is 5.32 Å². The van der Waals surface area contributed by atoms with Gasteiger partial charge in [-0.1, -0.05) is 12.8 Å². The van der Waals surface area contributed by atoms with E-state index in [0.29, 0.717) is 5.54 Å². The first-order valence-electron chi connectivity index (χ1n) is 7.47. The van der Waals surface area contributed by atoms with E-state index in [-0.39, 0.29) is 5.54 Å². The number of rotatable bonds is 2. The van der Waals surface area contributed by atoms with Crippen molar-refractivity contribution < 1.29 is 0 Å². The van der Waals surface area contributed by atoms with E-state index >= 15 is 0 Å². The van der Waals surface area contributed by atoms with Crippen LogP contribution in [0, 0.1) is 0 Å². The molecule has 2 aliphatic rings. The third-order valence-electron chi connectivity index (χ3n) is 4.82. The van der Waals surface area contributed by atoms with Gasteiger partial charge in [0.1, 0.15) is 0 Å². The van der Waals surface area contributed by atoms with Crippen molar-refractivity contribution in [1.82, 2.24) is 20.0 Å². The molecule has 0 bridgehead atoms. The maximum absolute atomic E-state index is 4.31. The van der Waals surface area contributed by atoms with Gasteiger partial charge in [-0.25, -0.2) is 0 Å². The highest BCUT2D eigenvalue weighted by Crippen LogP contribution is 2.39. The van der Waals surface area contributed by atoms with E-state index in [1.165, 1.54) is 31.2 Å². The van der Waals surface area contributed by atoms with Crippen LogP contribution in [0.25, 0.3) is 0 Å². The molecule has 0 radical (unpaired) electrons. The minimum Gasteiger partial charge on any atom is -0.309 e. The zero-order chi connectivity index (χ0) is 13.5. The van der Waals surface area contributed by atoms with E-state index in [1.54, 1.807) is 0 Å². The summed E-state index contributed by atoms with van der Waals surface area (Å²) in [5.41, 5.74) is 1.95. The topological polar surface area (TPSA) is 33.1 Å². The molecule has 3 rings (SSSR count). The van der Waals surface area contributed by atoms with Crippen LogP contribution in [-0.4, -0.2) is 38.8 Å². The fourth-order valence-electron chi connectivity index (χ4n) is 3.74. The van der Waals surface area contributed by atoms with Gasteiger partial charge in [-0.3, -0.25) is 9.58 Å².